The molecule has 2 aromatic rings. The second-order valence-corrected chi connectivity index (χ2v) is 5.38. The van der Waals surface area contributed by atoms with E-state index < -0.39 is 0 Å². The normalized spacial score (nSPS) is 18.4. The highest BCUT2D eigenvalue weighted by Crippen LogP contribution is 2.24. The van der Waals surface area contributed by atoms with Gasteiger partial charge in [0.15, 0.2) is 6.61 Å². The highest BCUT2D eigenvalue weighted by atomic mass is 16.5. The van der Waals surface area contributed by atoms with Gasteiger partial charge in [-0.2, -0.15) is 0 Å². The lowest BCUT2D eigenvalue weighted by molar-refractivity contribution is -0.123. The number of piperidine rings is 1. The number of ether oxygens (including phenoxy) is 1. The van der Waals surface area contributed by atoms with E-state index in [0.29, 0.717) is 0 Å². The third-order valence-electron chi connectivity index (χ3n) is 3.77. The summed E-state index contributed by atoms with van der Waals surface area (Å²) < 4.78 is 5.69. The molecule has 0 aromatic heterocycles. The molecule has 2 N–H and O–H groups in total. The number of hydrogen-bond donors (Lipinski definition) is 2. The number of fused-ring (bicyclic) bond motifs is 1. The fourth-order valence-corrected chi connectivity index (χ4v) is 2.71. The van der Waals surface area contributed by atoms with E-state index >= 15 is 0 Å². The number of hydrogen-bond acceptors (Lipinski definition) is 3. The average Bonchev–Trinajstić information content (AvgIpc) is 2.54. The van der Waals surface area contributed by atoms with Gasteiger partial charge in [-0.1, -0.05) is 36.4 Å². The van der Waals surface area contributed by atoms with Gasteiger partial charge in [-0.25, -0.2) is 0 Å². The number of amides is 1. The van der Waals surface area contributed by atoms with Crippen molar-refractivity contribution in [3.63, 3.8) is 0 Å². The Labute approximate surface area is 124 Å². The van der Waals surface area contributed by atoms with Crippen LogP contribution in [0.4, 0.5) is 0 Å². The van der Waals surface area contributed by atoms with Crippen LogP contribution in [0.2, 0.25) is 0 Å². The van der Waals surface area contributed by atoms with Gasteiger partial charge < -0.3 is 15.4 Å². The molecule has 3 rings (SSSR count). The van der Waals surface area contributed by atoms with Crippen molar-refractivity contribution in [2.24, 2.45) is 0 Å². The first-order valence-corrected chi connectivity index (χ1v) is 7.43. The summed E-state index contributed by atoms with van der Waals surface area (Å²) >= 11 is 0. The Morgan fingerprint density at radius 2 is 2.10 bits per heavy atom. The van der Waals surface area contributed by atoms with Gasteiger partial charge in [0.05, 0.1) is 0 Å². The zero-order chi connectivity index (χ0) is 14.5. The molecule has 0 aliphatic carbocycles. The molecule has 1 heterocycles. The molecule has 21 heavy (non-hydrogen) atoms. The van der Waals surface area contributed by atoms with E-state index in [9.17, 15) is 4.79 Å². The summed E-state index contributed by atoms with van der Waals surface area (Å²) in [6, 6.07) is 14.1. The number of carbonyl (C=O) groups is 1. The molecule has 0 saturated carbocycles. The van der Waals surface area contributed by atoms with Crippen molar-refractivity contribution < 1.29 is 9.53 Å². The van der Waals surface area contributed by atoms with Crippen LogP contribution in [0.15, 0.2) is 42.5 Å². The van der Waals surface area contributed by atoms with Crippen LogP contribution in [0.5, 0.6) is 5.75 Å². The van der Waals surface area contributed by atoms with Gasteiger partial charge in [-0.15, -0.1) is 0 Å². The van der Waals surface area contributed by atoms with Crippen LogP contribution in [-0.4, -0.2) is 31.6 Å². The lowest BCUT2D eigenvalue weighted by Crippen LogP contribution is -2.46. The minimum atomic E-state index is -0.0587. The zero-order valence-corrected chi connectivity index (χ0v) is 12.0. The largest absolute Gasteiger partial charge is 0.483 e. The average molecular weight is 284 g/mol. The molecule has 0 radical (unpaired) electrons. The fourth-order valence-electron chi connectivity index (χ4n) is 2.71. The lowest BCUT2D eigenvalue weighted by atomic mass is 10.1. The van der Waals surface area contributed by atoms with E-state index in [1.165, 1.54) is 0 Å². The van der Waals surface area contributed by atoms with Crippen LogP contribution in [0.1, 0.15) is 12.8 Å². The van der Waals surface area contributed by atoms with Crippen LogP contribution < -0.4 is 15.4 Å². The first-order valence-electron chi connectivity index (χ1n) is 7.43. The molecule has 2 aromatic carbocycles. The molecular weight excluding hydrogens is 264 g/mol. The Kier molecular flexibility index (Phi) is 4.36. The Morgan fingerprint density at radius 1 is 1.24 bits per heavy atom. The Morgan fingerprint density at radius 3 is 2.95 bits per heavy atom. The van der Waals surface area contributed by atoms with Crippen LogP contribution >= 0.6 is 0 Å². The topological polar surface area (TPSA) is 50.4 Å². The quantitative estimate of drug-likeness (QED) is 0.904. The Hall–Kier alpha value is -2.07. The van der Waals surface area contributed by atoms with Crippen molar-refractivity contribution in [1.82, 2.24) is 10.6 Å². The van der Waals surface area contributed by atoms with Gasteiger partial charge in [0.2, 0.25) is 0 Å². The molecule has 1 atom stereocenters. The van der Waals surface area contributed by atoms with Gasteiger partial charge in [0.25, 0.3) is 5.91 Å². The third kappa shape index (κ3) is 3.52. The summed E-state index contributed by atoms with van der Waals surface area (Å²) in [5.41, 5.74) is 0. The molecule has 0 spiro atoms. The van der Waals surface area contributed by atoms with Gasteiger partial charge in [-0.3, -0.25) is 4.79 Å². The molecule has 1 aliphatic rings. The smallest absolute Gasteiger partial charge is 0.258 e. The molecule has 4 nitrogen and oxygen atoms in total. The van der Waals surface area contributed by atoms with Crippen molar-refractivity contribution in [2.45, 2.75) is 18.9 Å². The summed E-state index contributed by atoms with van der Waals surface area (Å²) in [6.45, 7) is 1.95. The van der Waals surface area contributed by atoms with E-state index in [0.717, 1.165) is 42.5 Å². The molecule has 1 saturated heterocycles. The van der Waals surface area contributed by atoms with Gasteiger partial charge in [0, 0.05) is 18.0 Å². The SMILES string of the molecule is O=C(COc1cccc2ccccc12)NC1CCCNC1. The van der Waals surface area contributed by atoms with Gasteiger partial charge >= 0.3 is 0 Å². The summed E-state index contributed by atoms with van der Waals surface area (Å²) in [5.74, 6) is 0.696. The van der Waals surface area contributed by atoms with Crippen molar-refractivity contribution in [3.8, 4) is 5.75 Å². The number of carbonyl (C=O) groups excluding carboxylic acids is 1. The molecule has 1 aliphatic heterocycles. The second kappa shape index (κ2) is 6.59. The van der Waals surface area contributed by atoms with E-state index in [1.54, 1.807) is 0 Å². The molecule has 1 amide bonds. The van der Waals surface area contributed by atoms with Crippen molar-refractivity contribution in [2.75, 3.05) is 19.7 Å². The van der Waals surface area contributed by atoms with Crippen LogP contribution in [0.3, 0.4) is 0 Å². The summed E-state index contributed by atoms with van der Waals surface area (Å²) in [6.07, 6.45) is 2.14. The maximum absolute atomic E-state index is 12.0. The van der Waals surface area contributed by atoms with Crippen molar-refractivity contribution in [3.05, 3.63) is 42.5 Å². The molecule has 1 unspecified atom stereocenters. The molecular formula is C17H20N2O2. The van der Waals surface area contributed by atoms with Crippen molar-refractivity contribution >= 4 is 16.7 Å². The minimum absolute atomic E-state index is 0.0587. The monoisotopic (exact) mass is 284 g/mol. The predicted molar refractivity (Wildman–Crippen MR) is 83.5 cm³/mol. The Balaban J connectivity index is 1.59. The van der Waals surface area contributed by atoms with Crippen molar-refractivity contribution in [1.29, 1.82) is 0 Å². The second-order valence-electron chi connectivity index (χ2n) is 5.38. The summed E-state index contributed by atoms with van der Waals surface area (Å²) in [7, 11) is 0. The zero-order valence-electron chi connectivity index (χ0n) is 12.0. The highest BCUT2D eigenvalue weighted by Gasteiger charge is 2.15. The predicted octanol–water partition coefficient (Wildman–Crippen LogP) is 2.09. The van der Waals surface area contributed by atoms with Crippen LogP contribution in [0.25, 0.3) is 10.8 Å². The van der Waals surface area contributed by atoms with E-state index in [4.69, 9.17) is 4.74 Å². The minimum Gasteiger partial charge on any atom is -0.483 e. The third-order valence-corrected chi connectivity index (χ3v) is 3.77. The maximum atomic E-state index is 12.0. The van der Waals surface area contributed by atoms with E-state index in [1.807, 2.05) is 42.5 Å². The highest BCUT2D eigenvalue weighted by molar-refractivity contribution is 5.88. The number of rotatable bonds is 4. The standard InChI is InChI=1S/C17H20N2O2/c20-17(19-14-7-4-10-18-11-14)12-21-16-9-3-6-13-5-1-2-8-15(13)16/h1-3,5-6,8-9,14,18H,4,7,10-12H2,(H,19,20). The van der Waals surface area contributed by atoms with E-state index in [-0.39, 0.29) is 18.6 Å². The van der Waals surface area contributed by atoms with Crippen LogP contribution in [-0.2, 0) is 4.79 Å². The van der Waals surface area contributed by atoms with Gasteiger partial charge in [-0.05, 0) is 30.8 Å². The molecule has 110 valence electrons. The fraction of sp³-hybridized carbons (Fsp3) is 0.353. The molecule has 1 fully saturated rings. The van der Waals surface area contributed by atoms with Gasteiger partial charge in [0.1, 0.15) is 5.75 Å². The summed E-state index contributed by atoms with van der Waals surface area (Å²) in [5, 5.41) is 8.45. The number of benzene rings is 2. The lowest BCUT2D eigenvalue weighted by Gasteiger charge is -2.23. The Bertz CT molecular complexity index is 616. The van der Waals surface area contributed by atoms with E-state index in [2.05, 4.69) is 10.6 Å². The van der Waals surface area contributed by atoms with Crippen LogP contribution in [0, 0.1) is 0 Å². The maximum Gasteiger partial charge on any atom is 0.258 e. The number of nitrogens with one attached hydrogen (secondary N) is 2. The molecule has 0 bridgehead atoms. The first kappa shape index (κ1) is 13.9. The summed E-state index contributed by atoms with van der Waals surface area (Å²) in [4.78, 5) is 12.0. The molecule has 4 heteroatoms. The first-order chi connectivity index (χ1) is 10.3.